The fourth-order valence-electron chi connectivity index (χ4n) is 1.66. The van der Waals surface area contributed by atoms with Crippen LogP contribution in [0.5, 0.6) is 0 Å². The van der Waals surface area contributed by atoms with Gasteiger partial charge in [-0.1, -0.05) is 13.3 Å². The lowest BCUT2D eigenvalue weighted by Crippen LogP contribution is -2.31. The number of aliphatic hydroxyl groups excluding tert-OH is 1. The fraction of sp³-hybridized carbons (Fsp3) is 0.500. The van der Waals surface area contributed by atoms with Crippen molar-refractivity contribution in [2.24, 2.45) is 0 Å². The van der Waals surface area contributed by atoms with Crippen molar-refractivity contribution in [2.45, 2.75) is 25.9 Å². The smallest absolute Gasteiger partial charge is 0.251 e. The molecule has 4 heteroatoms. The summed E-state index contributed by atoms with van der Waals surface area (Å²) in [6.07, 6.45) is 1.16. The summed E-state index contributed by atoms with van der Waals surface area (Å²) in [6, 6.07) is 7.38. The van der Waals surface area contributed by atoms with Crippen molar-refractivity contribution in [3.8, 4) is 0 Å². The van der Waals surface area contributed by atoms with E-state index in [0.29, 0.717) is 18.5 Å². The number of benzene rings is 1. The quantitative estimate of drug-likeness (QED) is 0.807. The molecule has 4 nitrogen and oxygen atoms in total. The first-order valence-corrected chi connectivity index (χ1v) is 6.28. The summed E-state index contributed by atoms with van der Waals surface area (Å²) in [5.74, 6) is -0.143. The molecule has 0 heterocycles. The van der Waals surface area contributed by atoms with Gasteiger partial charge in [-0.3, -0.25) is 4.79 Å². The third-order valence-electron chi connectivity index (χ3n) is 2.77. The SMILES string of the molecule is CCCC(O)CNC(=O)c1ccc(N(C)C)cc1. The lowest BCUT2D eigenvalue weighted by atomic mass is 10.1. The zero-order chi connectivity index (χ0) is 13.5. The van der Waals surface area contributed by atoms with Gasteiger partial charge in [-0.25, -0.2) is 0 Å². The number of hydrogen-bond acceptors (Lipinski definition) is 3. The van der Waals surface area contributed by atoms with E-state index < -0.39 is 6.10 Å². The van der Waals surface area contributed by atoms with Gasteiger partial charge in [0.05, 0.1) is 6.10 Å². The molecule has 1 atom stereocenters. The molecule has 0 fully saturated rings. The maximum Gasteiger partial charge on any atom is 0.251 e. The second-order valence-corrected chi connectivity index (χ2v) is 4.59. The first-order valence-electron chi connectivity index (χ1n) is 6.28. The summed E-state index contributed by atoms with van der Waals surface area (Å²) >= 11 is 0. The van der Waals surface area contributed by atoms with Gasteiger partial charge in [0.2, 0.25) is 0 Å². The first-order chi connectivity index (χ1) is 8.54. The van der Waals surface area contributed by atoms with Gasteiger partial charge >= 0.3 is 0 Å². The van der Waals surface area contributed by atoms with Crippen LogP contribution in [0.15, 0.2) is 24.3 Å². The van der Waals surface area contributed by atoms with Crippen LogP contribution < -0.4 is 10.2 Å². The van der Waals surface area contributed by atoms with Crippen molar-refractivity contribution in [3.05, 3.63) is 29.8 Å². The Balaban J connectivity index is 2.51. The highest BCUT2D eigenvalue weighted by Crippen LogP contribution is 2.12. The number of carbonyl (C=O) groups is 1. The maximum atomic E-state index is 11.8. The second-order valence-electron chi connectivity index (χ2n) is 4.59. The lowest BCUT2D eigenvalue weighted by molar-refractivity contribution is 0.0910. The summed E-state index contributed by atoms with van der Waals surface area (Å²) in [6.45, 7) is 2.31. The molecule has 0 saturated carbocycles. The van der Waals surface area contributed by atoms with Gasteiger partial charge in [-0.05, 0) is 30.7 Å². The molecule has 1 aromatic carbocycles. The van der Waals surface area contributed by atoms with Gasteiger partial charge in [0.1, 0.15) is 0 Å². The number of nitrogens with one attached hydrogen (secondary N) is 1. The molecule has 0 aromatic heterocycles. The van der Waals surface area contributed by atoms with E-state index in [9.17, 15) is 9.90 Å². The highest BCUT2D eigenvalue weighted by atomic mass is 16.3. The monoisotopic (exact) mass is 250 g/mol. The number of nitrogens with zero attached hydrogens (tertiary/aromatic N) is 1. The molecule has 0 bridgehead atoms. The van der Waals surface area contributed by atoms with E-state index in [-0.39, 0.29) is 5.91 Å². The number of aliphatic hydroxyl groups is 1. The zero-order valence-electron chi connectivity index (χ0n) is 11.3. The normalized spacial score (nSPS) is 12.0. The molecule has 0 aliphatic rings. The van der Waals surface area contributed by atoms with E-state index in [1.165, 1.54) is 0 Å². The number of amides is 1. The number of rotatable bonds is 6. The minimum atomic E-state index is -0.458. The Bertz CT molecular complexity index is 374. The van der Waals surface area contributed by atoms with Gasteiger partial charge in [0, 0.05) is 31.9 Å². The molecule has 0 aliphatic heterocycles. The third kappa shape index (κ3) is 4.37. The molecular formula is C14H22N2O2. The van der Waals surface area contributed by atoms with E-state index in [2.05, 4.69) is 5.32 Å². The Labute approximate surface area is 109 Å². The predicted molar refractivity (Wildman–Crippen MR) is 74.0 cm³/mol. The highest BCUT2D eigenvalue weighted by Gasteiger charge is 2.08. The molecule has 18 heavy (non-hydrogen) atoms. The molecular weight excluding hydrogens is 228 g/mol. The van der Waals surface area contributed by atoms with Gasteiger partial charge < -0.3 is 15.3 Å². The summed E-state index contributed by atoms with van der Waals surface area (Å²) in [7, 11) is 3.91. The largest absolute Gasteiger partial charge is 0.391 e. The highest BCUT2D eigenvalue weighted by molar-refractivity contribution is 5.94. The van der Waals surface area contributed by atoms with E-state index in [0.717, 1.165) is 12.1 Å². The van der Waals surface area contributed by atoms with Gasteiger partial charge in [-0.15, -0.1) is 0 Å². The number of anilines is 1. The van der Waals surface area contributed by atoms with Gasteiger partial charge in [0.15, 0.2) is 0 Å². The Morgan fingerprint density at radius 2 is 1.94 bits per heavy atom. The maximum absolute atomic E-state index is 11.8. The zero-order valence-corrected chi connectivity index (χ0v) is 11.3. The topological polar surface area (TPSA) is 52.6 Å². The molecule has 0 aliphatic carbocycles. The summed E-state index contributed by atoms with van der Waals surface area (Å²) in [5.41, 5.74) is 1.67. The number of carbonyl (C=O) groups excluding carboxylic acids is 1. The molecule has 100 valence electrons. The Kier molecular flexibility index (Phi) is 5.65. The third-order valence-corrected chi connectivity index (χ3v) is 2.77. The summed E-state index contributed by atoms with van der Waals surface area (Å²) in [4.78, 5) is 13.8. The predicted octanol–water partition coefficient (Wildman–Crippen LogP) is 1.64. The fourth-order valence-corrected chi connectivity index (χ4v) is 1.66. The van der Waals surface area contributed by atoms with Crippen LogP contribution in [-0.4, -0.2) is 37.8 Å². The van der Waals surface area contributed by atoms with Crippen LogP contribution in [-0.2, 0) is 0 Å². The molecule has 1 rings (SSSR count). The van der Waals surface area contributed by atoms with Crippen molar-refractivity contribution < 1.29 is 9.90 Å². The van der Waals surface area contributed by atoms with Gasteiger partial charge in [-0.2, -0.15) is 0 Å². The van der Waals surface area contributed by atoms with Crippen LogP contribution in [0.25, 0.3) is 0 Å². The van der Waals surface area contributed by atoms with Crippen molar-refractivity contribution in [3.63, 3.8) is 0 Å². The van der Waals surface area contributed by atoms with Crippen LogP contribution in [0, 0.1) is 0 Å². The lowest BCUT2D eigenvalue weighted by Gasteiger charge is -2.13. The molecule has 2 N–H and O–H groups in total. The van der Waals surface area contributed by atoms with E-state index in [1.807, 2.05) is 38.1 Å². The molecule has 1 amide bonds. The minimum absolute atomic E-state index is 0.143. The van der Waals surface area contributed by atoms with Crippen molar-refractivity contribution in [1.82, 2.24) is 5.32 Å². The standard InChI is InChI=1S/C14H22N2O2/c1-4-5-13(17)10-15-14(18)11-6-8-12(9-7-11)16(2)3/h6-9,13,17H,4-5,10H2,1-3H3,(H,15,18). The van der Waals surface area contributed by atoms with E-state index in [4.69, 9.17) is 0 Å². The Morgan fingerprint density at radius 3 is 2.44 bits per heavy atom. The molecule has 1 aromatic rings. The summed E-state index contributed by atoms with van der Waals surface area (Å²) in [5, 5.41) is 12.3. The molecule has 1 unspecified atom stereocenters. The van der Waals surface area contributed by atoms with Crippen LogP contribution in [0.2, 0.25) is 0 Å². The minimum Gasteiger partial charge on any atom is -0.391 e. The average Bonchev–Trinajstić information content (AvgIpc) is 2.36. The number of hydrogen-bond donors (Lipinski definition) is 2. The first kappa shape index (κ1) is 14.5. The van der Waals surface area contributed by atoms with Crippen molar-refractivity contribution >= 4 is 11.6 Å². The van der Waals surface area contributed by atoms with Crippen molar-refractivity contribution in [1.29, 1.82) is 0 Å². The average molecular weight is 250 g/mol. The van der Waals surface area contributed by atoms with Gasteiger partial charge in [0.25, 0.3) is 5.91 Å². The van der Waals surface area contributed by atoms with E-state index >= 15 is 0 Å². The van der Waals surface area contributed by atoms with Crippen LogP contribution >= 0.6 is 0 Å². The van der Waals surface area contributed by atoms with Crippen molar-refractivity contribution in [2.75, 3.05) is 25.5 Å². The Morgan fingerprint density at radius 1 is 1.33 bits per heavy atom. The second kappa shape index (κ2) is 7.01. The molecule has 0 saturated heterocycles. The Hall–Kier alpha value is -1.55. The van der Waals surface area contributed by atoms with E-state index in [1.54, 1.807) is 12.1 Å². The van der Waals surface area contributed by atoms with Crippen LogP contribution in [0.1, 0.15) is 30.1 Å². The molecule has 0 radical (unpaired) electrons. The van der Waals surface area contributed by atoms with Crippen LogP contribution in [0.3, 0.4) is 0 Å². The molecule has 0 spiro atoms. The van der Waals surface area contributed by atoms with Crippen LogP contribution in [0.4, 0.5) is 5.69 Å². The summed E-state index contributed by atoms with van der Waals surface area (Å²) < 4.78 is 0.